The van der Waals surface area contributed by atoms with Crippen LogP contribution < -0.4 is 5.32 Å². The monoisotopic (exact) mass is 386 g/mol. The van der Waals surface area contributed by atoms with Crippen molar-refractivity contribution >= 4 is 23.2 Å². The molecule has 29 heavy (non-hydrogen) atoms. The van der Waals surface area contributed by atoms with Gasteiger partial charge in [-0.3, -0.25) is 9.59 Å². The molecule has 1 aliphatic heterocycles. The molecular formula is C23H22N4O2. The third kappa shape index (κ3) is 3.45. The lowest BCUT2D eigenvalue weighted by molar-refractivity contribution is -0.116. The fourth-order valence-corrected chi connectivity index (χ4v) is 3.63. The number of anilines is 1. The number of amides is 2. The van der Waals surface area contributed by atoms with E-state index in [9.17, 15) is 9.59 Å². The maximum atomic E-state index is 12.6. The fraction of sp³-hybridized carbons (Fsp3) is 0.174. The molecule has 0 fully saturated rings. The summed E-state index contributed by atoms with van der Waals surface area (Å²) in [5, 5.41) is 7.45. The molecule has 0 bridgehead atoms. The number of hydrogen-bond acceptors (Lipinski definition) is 3. The van der Waals surface area contributed by atoms with Gasteiger partial charge < -0.3 is 10.2 Å². The zero-order chi connectivity index (χ0) is 20.5. The van der Waals surface area contributed by atoms with Crippen LogP contribution in [0.3, 0.4) is 0 Å². The molecule has 0 atom stereocenters. The van der Waals surface area contributed by atoms with Crippen LogP contribution in [0.1, 0.15) is 33.7 Å². The molecule has 146 valence electrons. The first-order valence-corrected chi connectivity index (χ1v) is 9.48. The summed E-state index contributed by atoms with van der Waals surface area (Å²) in [7, 11) is 0. The molecule has 0 radical (unpaired) electrons. The van der Waals surface area contributed by atoms with Gasteiger partial charge in [-0.25, -0.2) is 4.68 Å². The van der Waals surface area contributed by atoms with Crippen molar-refractivity contribution in [2.45, 2.75) is 20.3 Å². The number of aryl methyl sites for hydroxylation is 2. The summed E-state index contributed by atoms with van der Waals surface area (Å²) in [4.78, 5) is 26.8. The van der Waals surface area contributed by atoms with E-state index in [0.717, 1.165) is 22.6 Å². The lowest BCUT2D eigenvalue weighted by Crippen LogP contribution is -2.27. The lowest BCUT2D eigenvalue weighted by atomic mass is 10.1. The maximum Gasteiger partial charge on any atom is 0.258 e. The first-order chi connectivity index (χ1) is 14.0. The maximum absolute atomic E-state index is 12.6. The second kappa shape index (κ2) is 7.39. The van der Waals surface area contributed by atoms with Gasteiger partial charge in [0.15, 0.2) is 0 Å². The van der Waals surface area contributed by atoms with Gasteiger partial charge in [-0.05, 0) is 38.1 Å². The highest BCUT2D eigenvalue weighted by atomic mass is 16.2. The summed E-state index contributed by atoms with van der Waals surface area (Å²) in [5.74, 6) is -0.281. The Hall–Kier alpha value is -3.67. The number of fused-ring (bicyclic) bond motifs is 1. The number of hydrogen-bond donors (Lipinski definition) is 1. The highest BCUT2D eigenvalue weighted by molar-refractivity contribution is 6.09. The van der Waals surface area contributed by atoms with Crippen molar-refractivity contribution in [2.75, 3.05) is 11.9 Å². The van der Waals surface area contributed by atoms with E-state index >= 15 is 0 Å². The summed E-state index contributed by atoms with van der Waals surface area (Å²) < 4.78 is 1.81. The molecule has 0 saturated heterocycles. The van der Waals surface area contributed by atoms with Gasteiger partial charge in [-0.1, -0.05) is 36.9 Å². The first kappa shape index (κ1) is 18.7. The van der Waals surface area contributed by atoms with Gasteiger partial charge in [-0.2, -0.15) is 5.10 Å². The van der Waals surface area contributed by atoms with Crippen LogP contribution in [0.5, 0.6) is 0 Å². The lowest BCUT2D eigenvalue weighted by Gasteiger charge is -2.17. The summed E-state index contributed by atoms with van der Waals surface area (Å²) in [5.41, 5.74) is 5.48. The molecule has 1 aliphatic rings. The Balaban J connectivity index is 1.46. The van der Waals surface area contributed by atoms with Crippen LogP contribution in [0, 0.1) is 13.8 Å². The van der Waals surface area contributed by atoms with Gasteiger partial charge >= 0.3 is 0 Å². The largest absolute Gasteiger partial charge is 0.324 e. The molecular weight excluding hydrogens is 364 g/mol. The van der Waals surface area contributed by atoms with Crippen LogP contribution in [0.4, 0.5) is 5.69 Å². The standard InChI is InChI=1S/C23H22N4O2/c1-15-14-16(2)27(25-15)21-11-7-6-10-20(21)24-22(28)12-13-26-17(3)18-8-4-5-9-19(18)23(26)29/h4-11,14H,3,12-13H2,1-2H3,(H,24,28). The quantitative estimate of drug-likeness (QED) is 0.722. The molecule has 2 amide bonds. The molecule has 6 nitrogen and oxygen atoms in total. The molecule has 3 aromatic rings. The summed E-state index contributed by atoms with van der Waals surface area (Å²) in [6.07, 6.45) is 0.171. The predicted octanol–water partition coefficient (Wildman–Crippen LogP) is 3.94. The highest BCUT2D eigenvalue weighted by Crippen LogP contribution is 2.31. The summed E-state index contributed by atoms with van der Waals surface area (Å²) in [6.45, 7) is 8.20. The molecule has 1 aromatic heterocycles. The minimum Gasteiger partial charge on any atom is -0.324 e. The Kier molecular flexibility index (Phi) is 4.76. The molecule has 6 heteroatoms. The molecule has 2 aromatic carbocycles. The molecule has 0 spiro atoms. The topological polar surface area (TPSA) is 67.2 Å². The third-order valence-corrected chi connectivity index (χ3v) is 5.02. The molecule has 0 saturated carbocycles. The molecule has 1 N–H and O–H groups in total. The molecule has 2 heterocycles. The number of benzene rings is 2. The Labute approximate surface area is 169 Å². The highest BCUT2D eigenvalue weighted by Gasteiger charge is 2.30. The van der Waals surface area contributed by atoms with E-state index in [4.69, 9.17) is 0 Å². The normalized spacial score (nSPS) is 13.0. The second-order valence-corrected chi connectivity index (χ2v) is 7.10. The van der Waals surface area contributed by atoms with E-state index in [1.54, 1.807) is 11.0 Å². The average Bonchev–Trinajstić information content (AvgIpc) is 3.17. The van der Waals surface area contributed by atoms with E-state index in [1.165, 1.54) is 0 Å². The zero-order valence-electron chi connectivity index (χ0n) is 16.5. The summed E-state index contributed by atoms with van der Waals surface area (Å²) >= 11 is 0. The van der Waals surface area contributed by atoms with Crippen molar-refractivity contribution in [3.8, 4) is 5.69 Å². The number of carbonyl (C=O) groups excluding carboxylic acids is 2. The number of rotatable bonds is 5. The van der Waals surface area contributed by atoms with Crippen LogP contribution in [-0.2, 0) is 4.79 Å². The number of nitrogens with one attached hydrogen (secondary N) is 1. The zero-order valence-corrected chi connectivity index (χ0v) is 16.5. The van der Waals surface area contributed by atoms with Crippen LogP contribution in [0.25, 0.3) is 11.4 Å². The smallest absolute Gasteiger partial charge is 0.258 e. The van der Waals surface area contributed by atoms with Gasteiger partial charge in [0.1, 0.15) is 0 Å². The molecule has 0 aliphatic carbocycles. The van der Waals surface area contributed by atoms with Crippen molar-refractivity contribution in [2.24, 2.45) is 0 Å². The molecule has 0 unspecified atom stereocenters. The van der Waals surface area contributed by atoms with E-state index in [0.29, 0.717) is 16.9 Å². The minimum absolute atomic E-state index is 0.110. The van der Waals surface area contributed by atoms with Crippen molar-refractivity contribution in [3.05, 3.63) is 83.7 Å². The fourth-order valence-electron chi connectivity index (χ4n) is 3.63. The summed E-state index contributed by atoms with van der Waals surface area (Å²) in [6, 6.07) is 16.9. The van der Waals surface area contributed by atoms with E-state index in [2.05, 4.69) is 17.0 Å². The SMILES string of the molecule is C=C1c2ccccc2C(=O)N1CCC(=O)Nc1ccccc1-n1nc(C)cc1C. The molecule has 4 rings (SSSR count). The Morgan fingerprint density at radius 2 is 1.76 bits per heavy atom. The van der Waals surface area contributed by atoms with Gasteiger partial charge in [-0.15, -0.1) is 0 Å². The van der Waals surface area contributed by atoms with Crippen LogP contribution in [-0.4, -0.2) is 33.0 Å². The van der Waals surface area contributed by atoms with Crippen molar-refractivity contribution < 1.29 is 9.59 Å². The predicted molar refractivity (Wildman–Crippen MR) is 113 cm³/mol. The van der Waals surface area contributed by atoms with E-state index in [1.807, 2.05) is 67.1 Å². The van der Waals surface area contributed by atoms with Crippen LogP contribution >= 0.6 is 0 Å². The average molecular weight is 386 g/mol. The Morgan fingerprint density at radius 1 is 1.07 bits per heavy atom. The van der Waals surface area contributed by atoms with Crippen LogP contribution in [0.2, 0.25) is 0 Å². The third-order valence-electron chi connectivity index (χ3n) is 5.02. The van der Waals surface area contributed by atoms with Crippen molar-refractivity contribution in [3.63, 3.8) is 0 Å². The van der Waals surface area contributed by atoms with Gasteiger partial charge in [0.2, 0.25) is 5.91 Å². The number of nitrogens with zero attached hydrogens (tertiary/aromatic N) is 3. The first-order valence-electron chi connectivity index (χ1n) is 9.48. The van der Waals surface area contributed by atoms with Crippen LogP contribution in [0.15, 0.2) is 61.2 Å². The van der Waals surface area contributed by atoms with Crippen molar-refractivity contribution in [1.29, 1.82) is 0 Å². The van der Waals surface area contributed by atoms with Gasteiger partial charge in [0.05, 0.1) is 17.1 Å². The number of para-hydroxylation sites is 2. The van der Waals surface area contributed by atoms with Gasteiger partial charge in [0, 0.05) is 35.5 Å². The van der Waals surface area contributed by atoms with E-state index < -0.39 is 0 Å². The second-order valence-electron chi connectivity index (χ2n) is 7.10. The number of carbonyl (C=O) groups is 2. The number of aromatic nitrogens is 2. The van der Waals surface area contributed by atoms with Gasteiger partial charge in [0.25, 0.3) is 5.91 Å². The van der Waals surface area contributed by atoms with Crippen molar-refractivity contribution in [1.82, 2.24) is 14.7 Å². The van der Waals surface area contributed by atoms with E-state index in [-0.39, 0.29) is 24.8 Å². The Bertz CT molecular complexity index is 1090. The minimum atomic E-state index is -0.171. The Morgan fingerprint density at radius 3 is 2.45 bits per heavy atom.